The molecule has 0 unspecified atom stereocenters. The molecule has 1 amide bonds. The van der Waals surface area contributed by atoms with Crippen LogP contribution in [0.5, 0.6) is 0 Å². The van der Waals surface area contributed by atoms with Gasteiger partial charge in [0.05, 0.1) is 17.7 Å². The van der Waals surface area contributed by atoms with Gasteiger partial charge in [-0.2, -0.15) is 0 Å². The summed E-state index contributed by atoms with van der Waals surface area (Å²) in [5, 5.41) is 2.79. The SMILES string of the molecule is COCN1CCC[C@H](C(=O)Nc2ccc(Cl)c(F)c2)C1. The van der Waals surface area contributed by atoms with Crippen LogP contribution in [-0.4, -0.2) is 37.7 Å². The van der Waals surface area contributed by atoms with E-state index in [1.165, 1.54) is 12.1 Å². The number of rotatable bonds is 4. The molecule has 1 saturated heterocycles. The van der Waals surface area contributed by atoms with Gasteiger partial charge in [0.2, 0.25) is 5.91 Å². The summed E-state index contributed by atoms with van der Waals surface area (Å²) in [6.45, 7) is 2.13. The summed E-state index contributed by atoms with van der Waals surface area (Å²) in [6, 6.07) is 4.26. The average molecular weight is 301 g/mol. The van der Waals surface area contributed by atoms with Gasteiger partial charge in [0, 0.05) is 25.9 Å². The first-order valence-corrected chi connectivity index (χ1v) is 6.95. The zero-order chi connectivity index (χ0) is 14.5. The number of amides is 1. The van der Waals surface area contributed by atoms with E-state index in [0.29, 0.717) is 19.0 Å². The Labute approximate surface area is 122 Å². The fourth-order valence-corrected chi connectivity index (χ4v) is 2.51. The van der Waals surface area contributed by atoms with Crippen molar-refractivity contribution in [3.8, 4) is 0 Å². The molecule has 1 heterocycles. The predicted octanol–water partition coefficient (Wildman–Crippen LogP) is 2.73. The first-order valence-electron chi connectivity index (χ1n) is 6.57. The number of carbonyl (C=O) groups is 1. The lowest BCUT2D eigenvalue weighted by Crippen LogP contribution is -2.41. The number of hydrogen-bond donors (Lipinski definition) is 1. The average Bonchev–Trinajstić information content (AvgIpc) is 2.43. The third-order valence-corrected chi connectivity index (χ3v) is 3.68. The number of carbonyl (C=O) groups excluding carboxylic acids is 1. The van der Waals surface area contributed by atoms with E-state index in [4.69, 9.17) is 16.3 Å². The van der Waals surface area contributed by atoms with Crippen LogP contribution < -0.4 is 5.32 Å². The van der Waals surface area contributed by atoms with Gasteiger partial charge < -0.3 is 10.1 Å². The highest BCUT2D eigenvalue weighted by atomic mass is 35.5. The minimum atomic E-state index is -0.533. The zero-order valence-electron chi connectivity index (χ0n) is 11.4. The van der Waals surface area contributed by atoms with Crippen molar-refractivity contribution < 1.29 is 13.9 Å². The van der Waals surface area contributed by atoms with Crippen molar-refractivity contribution in [2.75, 3.05) is 32.2 Å². The molecule has 1 aliphatic heterocycles. The third kappa shape index (κ3) is 3.91. The largest absolute Gasteiger partial charge is 0.369 e. The Morgan fingerprint density at radius 1 is 1.60 bits per heavy atom. The number of benzene rings is 1. The molecule has 1 aromatic carbocycles. The molecule has 1 atom stereocenters. The molecule has 1 fully saturated rings. The Hall–Kier alpha value is -1.17. The second-order valence-electron chi connectivity index (χ2n) is 4.95. The number of nitrogens with one attached hydrogen (secondary N) is 1. The molecule has 4 nitrogen and oxygen atoms in total. The van der Waals surface area contributed by atoms with Gasteiger partial charge in [0.1, 0.15) is 5.82 Å². The number of piperidine rings is 1. The number of nitrogens with zero attached hydrogens (tertiary/aromatic N) is 1. The molecule has 0 aromatic heterocycles. The summed E-state index contributed by atoms with van der Waals surface area (Å²) in [4.78, 5) is 14.3. The second kappa shape index (κ2) is 7.02. The quantitative estimate of drug-likeness (QED) is 0.929. The Morgan fingerprint density at radius 2 is 2.40 bits per heavy atom. The van der Waals surface area contributed by atoms with Crippen molar-refractivity contribution in [1.29, 1.82) is 0 Å². The van der Waals surface area contributed by atoms with E-state index < -0.39 is 5.82 Å². The standard InChI is InChI=1S/C14H18ClFN2O2/c1-20-9-18-6-2-3-10(8-18)14(19)17-11-4-5-12(15)13(16)7-11/h4-5,7,10H,2-3,6,8-9H2,1H3,(H,17,19)/t10-/m0/s1. The molecule has 2 rings (SSSR count). The molecule has 0 bridgehead atoms. The Bertz CT molecular complexity index is 482. The van der Waals surface area contributed by atoms with Crippen LogP contribution in [0.4, 0.5) is 10.1 Å². The third-order valence-electron chi connectivity index (χ3n) is 3.38. The van der Waals surface area contributed by atoms with Crippen molar-refractivity contribution in [3.63, 3.8) is 0 Å². The molecule has 1 aromatic rings. The van der Waals surface area contributed by atoms with E-state index in [1.807, 2.05) is 0 Å². The lowest BCUT2D eigenvalue weighted by atomic mass is 9.97. The van der Waals surface area contributed by atoms with E-state index in [2.05, 4.69) is 10.2 Å². The van der Waals surface area contributed by atoms with Gasteiger partial charge in [0.25, 0.3) is 0 Å². The number of likely N-dealkylation sites (tertiary alicyclic amines) is 1. The summed E-state index contributed by atoms with van der Waals surface area (Å²) >= 11 is 5.61. The van der Waals surface area contributed by atoms with Gasteiger partial charge in [0.15, 0.2) is 0 Å². The maximum atomic E-state index is 13.3. The highest BCUT2D eigenvalue weighted by molar-refractivity contribution is 6.30. The zero-order valence-corrected chi connectivity index (χ0v) is 12.1. The molecule has 0 saturated carbocycles. The van der Waals surface area contributed by atoms with Crippen LogP contribution in [0.15, 0.2) is 18.2 Å². The summed E-state index contributed by atoms with van der Waals surface area (Å²) in [6.07, 6.45) is 1.79. The molecule has 1 aliphatic rings. The fourth-order valence-electron chi connectivity index (χ4n) is 2.39. The normalized spacial score (nSPS) is 19.9. The lowest BCUT2D eigenvalue weighted by molar-refractivity contribution is -0.122. The van der Waals surface area contributed by atoms with E-state index in [9.17, 15) is 9.18 Å². The highest BCUT2D eigenvalue weighted by Gasteiger charge is 2.25. The molecular weight excluding hydrogens is 283 g/mol. The molecule has 110 valence electrons. The van der Waals surface area contributed by atoms with Crippen LogP contribution in [-0.2, 0) is 9.53 Å². The minimum absolute atomic E-state index is 0.0481. The van der Waals surface area contributed by atoms with Crippen LogP contribution in [0, 0.1) is 11.7 Å². The Balaban J connectivity index is 1.95. The van der Waals surface area contributed by atoms with Crippen molar-refractivity contribution in [3.05, 3.63) is 29.0 Å². The van der Waals surface area contributed by atoms with E-state index in [-0.39, 0.29) is 16.8 Å². The summed E-state index contributed by atoms with van der Waals surface area (Å²) < 4.78 is 18.4. The van der Waals surface area contributed by atoms with E-state index in [1.54, 1.807) is 13.2 Å². The Kier molecular flexibility index (Phi) is 5.34. The van der Waals surface area contributed by atoms with Crippen LogP contribution in [0.1, 0.15) is 12.8 Å². The van der Waals surface area contributed by atoms with Gasteiger partial charge in [-0.1, -0.05) is 11.6 Å². The summed E-state index contributed by atoms with van der Waals surface area (Å²) in [7, 11) is 1.64. The minimum Gasteiger partial charge on any atom is -0.369 e. The lowest BCUT2D eigenvalue weighted by Gasteiger charge is -2.31. The highest BCUT2D eigenvalue weighted by Crippen LogP contribution is 2.21. The summed E-state index contributed by atoms with van der Waals surface area (Å²) in [5.74, 6) is -0.723. The number of halogens is 2. The maximum absolute atomic E-state index is 13.3. The van der Waals surface area contributed by atoms with Crippen LogP contribution in [0.25, 0.3) is 0 Å². The smallest absolute Gasteiger partial charge is 0.228 e. The molecule has 1 N–H and O–H groups in total. The second-order valence-corrected chi connectivity index (χ2v) is 5.36. The Morgan fingerprint density at radius 3 is 3.10 bits per heavy atom. The molecule has 0 radical (unpaired) electrons. The van der Waals surface area contributed by atoms with E-state index >= 15 is 0 Å². The molecule has 20 heavy (non-hydrogen) atoms. The van der Waals surface area contributed by atoms with Gasteiger partial charge >= 0.3 is 0 Å². The van der Waals surface area contributed by atoms with Gasteiger partial charge in [-0.05, 0) is 31.0 Å². The topological polar surface area (TPSA) is 41.6 Å². The predicted molar refractivity (Wildman–Crippen MR) is 76.2 cm³/mol. The first-order chi connectivity index (χ1) is 9.60. The number of methoxy groups -OCH3 is 1. The maximum Gasteiger partial charge on any atom is 0.228 e. The number of ether oxygens (including phenoxy) is 1. The number of hydrogen-bond acceptors (Lipinski definition) is 3. The molecule has 0 spiro atoms. The monoisotopic (exact) mass is 300 g/mol. The van der Waals surface area contributed by atoms with Gasteiger partial charge in [-0.25, -0.2) is 4.39 Å². The van der Waals surface area contributed by atoms with Crippen LogP contribution >= 0.6 is 11.6 Å². The molecule has 0 aliphatic carbocycles. The fraction of sp³-hybridized carbons (Fsp3) is 0.500. The molecular formula is C14H18ClFN2O2. The van der Waals surface area contributed by atoms with Crippen LogP contribution in [0.2, 0.25) is 5.02 Å². The van der Waals surface area contributed by atoms with Crippen LogP contribution in [0.3, 0.4) is 0 Å². The first kappa shape index (κ1) is 15.2. The van der Waals surface area contributed by atoms with Crippen molar-refractivity contribution in [2.24, 2.45) is 5.92 Å². The van der Waals surface area contributed by atoms with E-state index in [0.717, 1.165) is 19.4 Å². The summed E-state index contributed by atoms with van der Waals surface area (Å²) in [5.41, 5.74) is 0.431. The number of anilines is 1. The van der Waals surface area contributed by atoms with Crippen molar-refractivity contribution >= 4 is 23.2 Å². The van der Waals surface area contributed by atoms with Crippen molar-refractivity contribution in [2.45, 2.75) is 12.8 Å². The van der Waals surface area contributed by atoms with Gasteiger partial charge in [-0.15, -0.1) is 0 Å². The van der Waals surface area contributed by atoms with Crippen molar-refractivity contribution in [1.82, 2.24) is 4.90 Å². The molecule has 6 heteroatoms. The van der Waals surface area contributed by atoms with Gasteiger partial charge in [-0.3, -0.25) is 9.69 Å².